The molecule has 0 amide bonds. The number of esters is 1. The van der Waals surface area contributed by atoms with E-state index in [4.69, 9.17) is 9.47 Å². The monoisotopic (exact) mass is 265 g/mol. The summed E-state index contributed by atoms with van der Waals surface area (Å²) < 4.78 is 10.2. The van der Waals surface area contributed by atoms with Crippen LogP contribution in [-0.4, -0.2) is 26.2 Å². The predicted molar refractivity (Wildman–Crippen MR) is 75.2 cm³/mol. The van der Waals surface area contributed by atoms with Crippen molar-refractivity contribution in [2.45, 2.75) is 26.8 Å². The molecule has 0 heterocycles. The van der Waals surface area contributed by atoms with Crippen LogP contribution < -0.4 is 10.1 Å². The van der Waals surface area contributed by atoms with E-state index in [1.165, 1.54) is 0 Å². The minimum Gasteiger partial charge on any atom is -0.497 e. The molecule has 1 unspecified atom stereocenters. The van der Waals surface area contributed by atoms with Gasteiger partial charge in [0.1, 0.15) is 11.8 Å². The van der Waals surface area contributed by atoms with Gasteiger partial charge in [0.05, 0.1) is 13.7 Å². The van der Waals surface area contributed by atoms with Crippen LogP contribution in [0.3, 0.4) is 0 Å². The molecular formula is C15H23NO3. The Morgan fingerprint density at radius 2 is 1.89 bits per heavy atom. The van der Waals surface area contributed by atoms with E-state index in [2.05, 4.69) is 19.2 Å². The summed E-state index contributed by atoms with van der Waals surface area (Å²) in [7, 11) is 1.62. The van der Waals surface area contributed by atoms with E-state index in [1.807, 2.05) is 31.2 Å². The maximum absolute atomic E-state index is 12.0. The number of ether oxygens (including phenoxy) is 2. The molecule has 0 spiro atoms. The van der Waals surface area contributed by atoms with Gasteiger partial charge in [0, 0.05) is 0 Å². The fourth-order valence-corrected chi connectivity index (χ4v) is 1.71. The minimum atomic E-state index is -0.423. The first-order valence-electron chi connectivity index (χ1n) is 6.62. The van der Waals surface area contributed by atoms with Crippen LogP contribution in [0.2, 0.25) is 0 Å². The van der Waals surface area contributed by atoms with E-state index in [0.29, 0.717) is 12.5 Å². The maximum Gasteiger partial charge on any atom is 0.327 e. The quantitative estimate of drug-likeness (QED) is 0.770. The fraction of sp³-hybridized carbons (Fsp3) is 0.533. The normalized spacial score (nSPS) is 12.3. The van der Waals surface area contributed by atoms with Gasteiger partial charge in [0.25, 0.3) is 0 Å². The van der Waals surface area contributed by atoms with E-state index in [1.54, 1.807) is 7.11 Å². The molecule has 0 aromatic heterocycles. The number of rotatable bonds is 7. The SMILES string of the molecule is CCOC(=O)C(NCC(C)C)c1ccc(OC)cc1. The Balaban J connectivity index is 2.83. The maximum atomic E-state index is 12.0. The summed E-state index contributed by atoms with van der Waals surface area (Å²) in [4.78, 5) is 12.0. The van der Waals surface area contributed by atoms with Crippen LogP contribution in [0.4, 0.5) is 0 Å². The van der Waals surface area contributed by atoms with E-state index < -0.39 is 6.04 Å². The molecule has 4 nitrogen and oxygen atoms in total. The molecule has 1 N–H and O–H groups in total. The minimum absolute atomic E-state index is 0.242. The Labute approximate surface area is 115 Å². The van der Waals surface area contributed by atoms with Gasteiger partial charge in [-0.05, 0) is 37.1 Å². The second-order valence-electron chi connectivity index (χ2n) is 4.76. The van der Waals surface area contributed by atoms with Gasteiger partial charge >= 0.3 is 5.97 Å². The number of hydrogen-bond acceptors (Lipinski definition) is 4. The van der Waals surface area contributed by atoms with Crippen molar-refractivity contribution >= 4 is 5.97 Å². The number of carbonyl (C=O) groups excluding carboxylic acids is 1. The fourth-order valence-electron chi connectivity index (χ4n) is 1.71. The van der Waals surface area contributed by atoms with Crippen LogP contribution in [0.5, 0.6) is 5.75 Å². The first kappa shape index (κ1) is 15.5. The highest BCUT2D eigenvalue weighted by molar-refractivity contribution is 5.77. The van der Waals surface area contributed by atoms with Gasteiger partial charge in [-0.15, -0.1) is 0 Å². The Morgan fingerprint density at radius 3 is 2.37 bits per heavy atom. The van der Waals surface area contributed by atoms with Crippen molar-refractivity contribution in [2.24, 2.45) is 5.92 Å². The average Bonchev–Trinajstić information content (AvgIpc) is 2.39. The van der Waals surface area contributed by atoms with Gasteiger partial charge in [0.15, 0.2) is 0 Å². The van der Waals surface area contributed by atoms with Crippen LogP contribution in [-0.2, 0) is 9.53 Å². The van der Waals surface area contributed by atoms with Gasteiger partial charge in [-0.3, -0.25) is 0 Å². The predicted octanol–water partition coefficient (Wildman–Crippen LogP) is 2.55. The summed E-state index contributed by atoms with van der Waals surface area (Å²) in [6, 6.07) is 7.03. The van der Waals surface area contributed by atoms with E-state index in [9.17, 15) is 4.79 Å². The van der Waals surface area contributed by atoms with Crippen molar-refractivity contribution in [3.8, 4) is 5.75 Å². The lowest BCUT2D eigenvalue weighted by Crippen LogP contribution is -2.32. The van der Waals surface area contributed by atoms with Gasteiger partial charge in [-0.2, -0.15) is 0 Å². The standard InChI is InChI=1S/C15H23NO3/c1-5-19-15(17)14(16-10-11(2)3)12-6-8-13(18-4)9-7-12/h6-9,11,14,16H,5,10H2,1-4H3. The molecule has 0 saturated carbocycles. The zero-order valence-corrected chi connectivity index (χ0v) is 12.1. The third-order valence-electron chi connectivity index (χ3n) is 2.70. The molecular weight excluding hydrogens is 242 g/mol. The molecule has 0 bridgehead atoms. The summed E-state index contributed by atoms with van der Waals surface area (Å²) in [6.07, 6.45) is 0. The number of methoxy groups -OCH3 is 1. The molecule has 1 aromatic carbocycles. The van der Waals surface area contributed by atoms with Crippen LogP contribution in [0.25, 0.3) is 0 Å². The van der Waals surface area contributed by atoms with Crippen molar-refractivity contribution in [3.05, 3.63) is 29.8 Å². The van der Waals surface area contributed by atoms with E-state index in [-0.39, 0.29) is 5.97 Å². The molecule has 0 radical (unpaired) electrons. The Hall–Kier alpha value is -1.55. The third kappa shape index (κ3) is 4.91. The average molecular weight is 265 g/mol. The highest BCUT2D eigenvalue weighted by Crippen LogP contribution is 2.19. The van der Waals surface area contributed by atoms with Crippen molar-refractivity contribution in [2.75, 3.05) is 20.3 Å². The van der Waals surface area contributed by atoms with E-state index in [0.717, 1.165) is 17.9 Å². The van der Waals surface area contributed by atoms with Gasteiger partial charge < -0.3 is 14.8 Å². The zero-order chi connectivity index (χ0) is 14.3. The van der Waals surface area contributed by atoms with Gasteiger partial charge in [0.2, 0.25) is 0 Å². The summed E-state index contributed by atoms with van der Waals surface area (Å²) in [5.41, 5.74) is 0.889. The second-order valence-corrected chi connectivity index (χ2v) is 4.76. The van der Waals surface area contributed by atoms with Crippen molar-refractivity contribution in [3.63, 3.8) is 0 Å². The first-order valence-corrected chi connectivity index (χ1v) is 6.62. The number of carbonyl (C=O) groups is 1. The Kier molecular flexibility index (Phi) is 6.36. The molecule has 0 saturated heterocycles. The lowest BCUT2D eigenvalue weighted by Gasteiger charge is -2.19. The Bertz CT molecular complexity index is 387. The van der Waals surface area contributed by atoms with Crippen LogP contribution in [0.1, 0.15) is 32.4 Å². The lowest BCUT2D eigenvalue weighted by molar-refractivity contribution is -0.145. The lowest BCUT2D eigenvalue weighted by atomic mass is 10.1. The molecule has 1 aromatic rings. The molecule has 4 heteroatoms. The molecule has 0 aliphatic rings. The van der Waals surface area contributed by atoms with Gasteiger partial charge in [-0.25, -0.2) is 4.79 Å². The van der Waals surface area contributed by atoms with Crippen LogP contribution in [0, 0.1) is 5.92 Å². The summed E-state index contributed by atoms with van der Waals surface area (Å²) in [5.74, 6) is 0.999. The van der Waals surface area contributed by atoms with Crippen LogP contribution in [0.15, 0.2) is 24.3 Å². The summed E-state index contributed by atoms with van der Waals surface area (Å²) in [5, 5.41) is 3.24. The summed E-state index contributed by atoms with van der Waals surface area (Å²) in [6.45, 7) is 7.16. The molecule has 106 valence electrons. The van der Waals surface area contributed by atoms with Crippen molar-refractivity contribution in [1.29, 1.82) is 0 Å². The molecule has 0 fully saturated rings. The highest BCUT2D eigenvalue weighted by atomic mass is 16.5. The first-order chi connectivity index (χ1) is 9.08. The molecule has 1 rings (SSSR count). The smallest absolute Gasteiger partial charge is 0.327 e. The number of hydrogen-bond donors (Lipinski definition) is 1. The molecule has 0 aliphatic carbocycles. The largest absolute Gasteiger partial charge is 0.497 e. The van der Waals surface area contributed by atoms with Crippen LogP contribution >= 0.6 is 0 Å². The molecule has 19 heavy (non-hydrogen) atoms. The molecule has 1 atom stereocenters. The number of nitrogens with one attached hydrogen (secondary N) is 1. The topological polar surface area (TPSA) is 47.6 Å². The van der Waals surface area contributed by atoms with Gasteiger partial charge in [-0.1, -0.05) is 26.0 Å². The van der Waals surface area contributed by atoms with Crippen molar-refractivity contribution in [1.82, 2.24) is 5.32 Å². The molecule has 0 aliphatic heterocycles. The Morgan fingerprint density at radius 1 is 1.26 bits per heavy atom. The summed E-state index contributed by atoms with van der Waals surface area (Å²) >= 11 is 0. The zero-order valence-electron chi connectivity index (χ0n) is 12.1. The second kappa shape index (κ2) is 7.79. The highest BCUT2D eigenvalue weighted by Gasteiger charge is 2.21. The van der Waals surface area contributed by atoms with E-state index >= 15 is 0 Å². The number of benzene rings is 1. The van der Waals surface area contributed by atoms with Crippen molar-refractivity contribution < 1.29 is 14.3 Å². The third-order valence-corrected chi connectivity index (χ3v) is 2.70.